The lowest BCUT2D eigenvalue weighted by Crippen LogP contribution is -2.43. The lowest BCUT2D eigenvalue weighted by molar-refractivity contribution is -0.118. The van der Waals surface area contributed by atoms with Crippen molar-refractivity contribution in [3.8, 4) is 5.75 Å². The molecule has 0 unspecified atom stereocenters. The van der Waals surface area contributed by atoms with Crippen LogP contribution in [0.2, 0.25) is 0 Å². The zero-order valence-electron chi connectivity index (χ0n) is 10.7. The molecule has 4 heteroatoms. The van der Waals surface area contributed by atoms with Crippen molar-refractivity contribution in [1.82, 2.24) is 5.32 Å². The van der Waals surface area contributed by atoms with Crippen LogP contribution in [0.4, 0.5) is 5.69 Å². The van der Waals surface area contributed by atoms with Crippen molar-refractivity contribution in [3.05, 3.63) is 24.3 Å². The molecule has 1 aliphatic heterocycles. The van der Waals surface area contributed by atoms with E-state index in [9.17, 15) is 4.79 Å². The van der Waals surface area contributed by atoms with Crippen molar-refractivity contribution in [2.24, 2.45) is 0 Å². The molecule has 18 heavy (non-hydrogen) atoms. The van der Waals surface area contributed by atoms with Gasteiger partial charge in [-0.25, -0.2) is 0 Å². The molecule has 2 rings (SSSR count). The van der Waals surface area contributed by atoms with E-state index in [0.717, 1.165) is 37.2 Å². The Kier molecular flexibility index (Phi) is 4.59. The first-order valence-corrected chi connectivity index (χ1v) is 6.56. The Labute approximate surface area is 108 Å². The Bertz CT molecular complexity index is 383. The summed E-state index contributed by atoms with van der Waals surface area (Å²) in [5.41, 5.74) is 0.816. The Balaban J connectivity index is 1.89. The largest absolute Gasteiger partial charge is 0.494 e. The van der Waals surface area contributed by atoms with E-state index in [1.54, 1.807) is 0 Å². The quantitative estimate of drug-likeness (QED) is 0.858. The normalized spacial score (nSPS) is 19.3. The lowest BCUT2D eigenvalue weighted by Gasteiger charge is -2.22. The first kappa shape index (κ1) is 12.9. The van der Waals surface area contributed by atoms with Crippen LogP contribution >= 0.6 is 0 Å². The molecule has 0 radical (unpaired) electrons. The third-order valence-electron chi connectivity index (χ3n) is 3.06. The summed E-state index contributed by atoms with van der Waals surface area (Å²) in [4.78, 5) is 12.0. The molecule has 0 spiro atoms. The third-order valence-corrected chi connectivity index (χ3v) is 3.06. The van der Waals surface area contributed by atoms with Gasteiger partial charge in [0.2, 0.25) is 5.91 Å². The van der Waals surface area contributed by atoms with E-state index in [0.29, 0.717) is 6.61 Å². The second-order valence-corrected chi connectivity index (χ2v) is 4.45. The monoisotopic (exact) mass is 248 g/mol. The van der Waals surface area contributed by atoms with Crippen molar-refractivity contribution in [3.63, 3.8) is 0 Å². The van der Waals surface area contributed by atoms with Crippen molar-refractivity contribution < 1.29 is 9.53 Å². The van der Waals surface area contributed by atoms with Crippen LogP contribution in [0.25, 0.3) is 0 Å². The first-order chi connectivity index (χ1) is 8.79. The summed E-state index contributed by atoms with van der Waals surface area (Å²) in [5.74, 6) is 0.880. The zero-order chi connectivity index (χ0) is 12.8. The third kappa shape index (κ3) is 3.47. The molecular weight excluding hydrogens is 228 g/mol. The SMILES string of the molecule is CCOc1ccc(NC(=O)[C@@H]2CCCCN2)cc1. The number of anilines is 1. The maximum atomic E-state index is 12.0. The van der Waals surface area contributed by atoms with Crippen molar-refractivity contribution >= 4 is 11.6 Å². The van der Waals surface area contributed by atoms with E-state index in [1.807, 2.05) is 31.2 Å². The van der Waals surface area contributed by atoms with Crippen LogP contribution in [0.3, 0.4) is 0 Å². The van der Waals surface area contributed by atoms with Gasteiger partial charge in [0.25, 0.3) is 0 Å². The standard InChI is InChI=1S/C14H20N2O2/c1-2-18-12-8-6-11(7-9-12)16-14(17)13-5-3-4-10-15-13/h6-9,13,15H,2-5,10H2,1H3,(H,16,17)/t13-/m0/s1. The minimum atomic E-state index is -0.0506. The summed E-state index contributed by atoms with van der Waals surface area (Å²) in [6.07, 6.45) is 3.20. The molecule has 1 aliphatic rings. The van der Waals surface area contributed by atoms with Gasteiger partial charge in [-0.15, -0.1) is 0 Å². The molecular formula is C14H20N2O2. The molecule has 1 heterocycles. The van der Waals surface area contributed by atoms with Gasteiger partial charge in [0.05, 0.1) is 12.6 Å². The predicted octanol–water partition coefficient (Wildman–Crippen LogP) is 2.17. The van der Waals surface area contributed by atoms with Crippen LogP contribution in [0.1, 0.15) is 26.2 Å². The highest BCUT2D eigenvalue weighted by Gasteiger charge is 2.20. The molecule has 0 saturated carbocycles. The number of hydrogen-bond donors (Lipinski definition) is 2. The van der Waals surface area contributed by atoms with Gasteiger partial charge in [-0.05, 0) is 50.6 Å². The summed E-state index contributed by atoms with van der Waals surface area (Å²) >= 11 is 0. The highest BCUT2D eigenvalue weighted by molar-refractivity contribution is 5.94. The molecule has 4 nitrogen and oxygen atoms in total. The van der Waals surface area contributed by atoms with E-state index >= 15 is 0 Å². The molecule has 0 aromatic heterocycles. The lowest BCUT2D eigenvalue weighted by atomic mass is 10.0. The number of benzene rings is 1. The van der Waals surface area contributed by atoms with E-state index < -0.39 is 0 Å². The van der Waals surface area contributed by atoms with E-state index in [4.69, 9.17) is 4.74 Å². The second kappa shape index (κ2) is 6.40. The number of carbonyl (C=O) groups excluding carboxylic acids is 1. The summed E-state index contributed by atoms with van der Waals surface area (Å²) in [5, 5.41) is 6.16. The number of rotatable bonds is 4. The van der Waals surface area contributed by atoms with Crippen LogP contribution in [0.5, 0.6) is 5.75 Å². The molecule has 1 amide bonds. The molecule has 0 aliphatic carbocycles. The van der Waals surface area contributed by atoms with Crippen LogP contribution < -0.4 is 15.4 Å². The van der Waals surface area contributed by atoms with Gasteiger partial charge in [0.1, 0.15) is 5.75 Å². The number of ether oxygens (including phenoxy) is 1. The molecule has 1 aromatic rings. The van der Waals surface area contributed by atoms with Crippen LogP contribution in [0.15, 0.2) is 24.3 Å². The fraction of sp³-hybridized carbons (Fsp3) is 0.500. The first-order valence-electron chi connectivity index (χ1n) is 6.56. The van der Waals surface area contributed by atoms with Crippen LogP contribution in [-0.2, 0) is 4.79 Å². The maximum absolute atomic E-state index is 12.0. The summed E-state index contributed by atoms with van der Waals surface area (Å²) in [6, 6.07) is 7.42. The number of hydrogen-bond acceptors (Lipinski definition) is 3. The second-order valence-electron chi connectivity index (χ2n) is 4.45. The van der Waals surface area contributed by atoms with Crippen molar-refractivity contribution in [1.29, 1.82) is 0 Å². The van der Waals surface area contributed by atoms with Gasteiger partial charge in [-0.3, -0.25) is 4.79 Å². The van der Waals surface area contributed by atoms with Gasteiger partial charge in [-0.2, -0.15) is 0 Å². The Morgan fingerprint density at radius 2 is 2.17 bits per heavy atom. The van der Waals surface area contributed by atoms with Gasteiger partial charge in [-0.1, -0.05) is 6.42 Å². The van der Waals surface area contributed by atoms with Crippen LogP contribution in [0, 0.1) is 0 Å². The Morgan fingerprint density at radius 3 is 2.78 bits per heavy atom. The average Bonchev–Trinajstić information content (AvgIpc) is 2.42. The smallest absolute Gasteiger partial charge is 0.241 e. The molecule has 1 saturated heterocycles. The average molecular weight is 248 g/mol. The van der Waals surface area contributed by atoms with E-state index in [2.05, 4.69) is 10.6 Å². The van der Waals surface area contributed by atoms with E-state index in [1.165, 1.54) is 0 Å². The minimum absolute atomic E-state index is 0.0506. The molecule has 0 bridgehead atoms. The number of carbonyl (C=O) groups is 1. The zero-order valence-corrected chi connectivity index (χ0v) is 10.7. The summed E-state index contributed by atoms with van der Waals surface area (Å²) in [7, 11) is 0. The molecule has 1 fully saturated rings. The highest BCUT2D eigenvalue weighted by Crippen LogP contribution is 2.16. The Morgan fingerprint density at radius 1 is 1.39 bits per heavy atom. The van der Waals surface area contributed by atoms with E-state index in [-0.39, 0.29) is 11.9 Å². The van der Waals surface area contributed by atoms with Crippen LogP contribution in [-0.4, -0.2) is 25.1 Å². The molecule has 98 valence electrons. The maximum Gasteiger partial charge on any atom is 0.241 e. The number of piperidine rings is 1. The highest BCUT2D eigenvalue weighted by atomic mass is 16.5. The van der Waals surface area contributed by atoms with Gasteiger partial charge in [0.15, 0.2) is 0 Å². The number of nitrogens with one attached hydrogen (secondary N) is 2. The number of amides is 1. The molecule has 1 atom stereocenters. The summed E-state index contributed by atoms with van der Waals surface area (Å²) in [6.45, 7) is 3.53. The minimum Gasteiger partial charge on any atom is -0.494 e. The molecule has 1 aromatic carbocycles. The topological polar surface area (TPSA) is 50.4 Å². The van der Waals surface area contributed by atoms with Crippen molar-refractivity contribution in [2.45, 2.75) is 32.2 Å². The fourth-order valence-electron chi connectivity index (χ4n) is 2.11. The van der Waals surface area contributed by atoms with Crippen molar-refractivity contribution in [2.75, 3.05) is 18.5 Å². The van der Waals surface area contributed by atoms with Gasteiger partial charge >= 0.3 is 0 Å². The van der Waals surface area contributed by atoms with Gasteiger partial charge in [0, 0.05) is 5.69 Å². The predicted molar refractivity (Wildman–Crippen MR) is 71.9 cm³/mol. The van der Waals surface area contributed by atoms with Gasteiger partial charge < -0.3 is 15.4 Å². The Hall–Kier alpha value is -1.55. The fourth-order valence-corrected chi connectivity index (χ4v) is 2.11. The summed E-state index contributed by atoms with van der Waals surface area (Å²) < 4.78 is 5.36. The molecule has 2 N–H and O–H groups in total.